The van der Waals surface area contributed by atoms with E-state index in [-0.39, 0.29) is 28.5 Å². The number of carbonyl (C=O) groups is 1. The lowest BCUT2D eigenvalue weighted by Crippen LogP contribution is -2.35. The fourth-order valence-corrected chi connectivity index (χ4v) is 3.66. The molecular weight excluding hydrogens is 420 g/mol. The highest BCUT2D eigenvalue weighted by Gasteiger charge is 2.17. The molecule has 0 aromatic carbocycles. The first-order valence-electron chi connectivity index (χ1n) is 10.9. The van der Waals surface area contributed by atoms with E-state index in [1.54, 1.807) is 29.2 Å². The minimum Gasteiger partial charge on any atom is -0.382 e. The average molecular weight is 447 g/mol. The molecule has 33 heavy (non-hydrogen) atoms. The van der Waals surface area contributed by atoms with Gasteiger partial charge in [0.05, 0.1) is 17.5 Å². The molecule has 0 aliphatic rings. The molecule has 0 spiro atoms. The highest BCUT2D eigenvalue weighted by molar-refractivity contribution is 5.96. The Balaban J connectivity index is 1.86. The van der Waals surface area contributed by atoms with E-state index in [1.165, 1.54) is 10.5 Å². The number of aryl methyl sites for hydroxylation is 1. The maximum Gasteiger partial charge on any atom is 0.267 e. The van der Waals surface area contributed by atoms with E-state index in [2.05, 4.69) is 15.3 Å². The van der Waals surface area contributed by atoms with Crippen LogP contribution in [0.15, 0.2) is 53.7 Å². The molecule has 0 aliphatic heterocycles. The second-order valence-electron chi connectivity index (χ2n) is 7.74. The summed E-state index contributed by atoms with van der Waals surface area (Å²) in [4.78, 5) is 35.0. The Bertz CT molecular complexity index is 1430. The van der Waals surface area contributed by atoms with Gasteiger partial charge in [0.1, 0.15) is 16.8 Å². The lowest BCUT2D eigenvalue weighted by atomic mass is 10.1. The summed E-state index contributed by atoms with van der Waals surface area (Å²) >= 11 is 0. The second-order valence-corrected chi connectivity index (χ2v) is 7.74. The molecule has 4 aromatic rings. The van der Waals surface area contributed by atoms with Crippen molar-refractivity contribution >= 4 is 22.6 Å². The van der Waals surface area contributed by atoms with Gasteiger partial charge in [0.2, 0.25) is 0 Å². The van der Waals surface area contributed by atoms with Crippen molar-refractivity contribution in [3.8, 4) is 0 Å². The number of rotatable bonds is 8. The molecule has 4 rings (SSSR count). The summed E-state index contributed by atoms with van der Waals surface area (Å²) in [6.07, 6.45) is 5.71. The topological polar surface area (TPSA) is 114 Å². The summed E-state index contributed by atoms with van der Waals surface area (Å²) in [5.74, 6) is -0.407. The van der Waals surface area contributed by atoms with Gasteiger partial charge < -0.3 is 14.6 Å². The first kappa shape index (κ1) is 22.3. The van der Waals surface area contributed by atoms with Crippen LogP contribution in [0.1, 0.15) is 34.8 Å². The monoisotopic (exact) mass is 446 g/mol. The van der Waals surface area contributed by atoms with Crippen molar-refractivity contribution in [3.05, 3.63) is 81.5 Å². The van der Waals surface area contributed by atoms with Crippen LogP contribution < -0.4 is 16.4 Å². The van der Waals surface area contributed by atoms with Gasteiger partial charge >= 0.3 is 0 Å². The first-order chi connectivity index (χ1) is 16.0. The van der Waals surface area contributed by atoms with Crippen LogP contribution in [0.4, 0.5) is 0 Å². The summed E-state index contributed by atoms with van der Waals surface area (Å²) in [6, 6.07) is 8.79. The molecule has 0 unspecified atom stereocenters. The Kier molecular flexibility index (Phi) is 6.60. The number of hydrogen-bond donors (Lipinski definition) is 2. The normalized spacial score (nSPS) is 11.2. The van der Waals surface area contributed by atoms with Gasteiger partial charge in [-0.2, -0.15) is 0 Å². The zero-order chi connectivity index (χ0) is 23.4. The molecule has 0 bridgehead atoms. The van der Waals surface area contributed by atoms with Crippen LogP contribution in [0.2, 0.25) is 0 Å². The van der Waals surface area contributed by atoms with Crippen molar-refractivity contribution in [3.63, 3.8) is 0 Å². The minimum atomic E-state index is -0.407. The van der Waals surface area contributed by atoms with Gasteiger partial charge in [-0.15, -0.1) is 0 Å². The summed E-state index contributed by atoms with van der Waals surface area (Å²) in [5, 5.41) is 11.9. The van der Waals surface area contributed by atoms with Crippen molar-refractivity contribution < 1.29 is 9.53 Å². The van der Waals surface area contributed by atoms with Crippen LogP contribution in [-0.4, -0.2) is 44.6 Å². The molecule has 4 heterocycles. The van der Waals surface area contributed by atoms with E-state index in [0.717, 1.165) is 11.1 Å². The number of pyridine rings is 3. The molecule has 9 nitrogen and oxygen atoms in total. The summed E-state index contributed by atoms with van der Waals surface area (Å²) in [7, 11) is 0. The van der Waals surface area contributed by atoms with Crippen LogP contribution in [0.3, 0.4) is 0 Å². The molecule has 1 amide bonds. The van der Waals surface area contributed by atoms with Gasteiger partial charge in [0.15, 0.2) is 0 Å². The molecule has 0 saturated carbocycles. The average Bonchev–Trinajstić information content (AvgIpc) is 2.82. The van der Waals surface area contributed by atoms with Crippen LogP contribution in [0, 0.1) is 12.3 Å². The number of hydrogen-bond acceptors (Lipinski definition) is 6. The largest absolute Gasteiger partial charge is 0.382 e. The summed E-state index contributed by atoms with van der Waals surface area (Å²) < 4.78 is 8.38. The van der Waals surface area contributed by atoms with Gasteiger partial charge in [0, 0.05) is 38.3 Å². The third kappa shape index (κ3) is 4.68. The van der Waals surface area contributed by atoms with Crippen molar-refractivity contribution in [1.82, 2.24) is 24.3 Å². The van der Waals surface area contributed by atoms with Crippen molar-refractivity contribution in [2.24, 2.45) is 0 Å². The van der Waals surface area contributed by atoms with Crippen LogP contribution in [-0.2, 0) is 11.3 Å². The predicted octanol–water partition coefficient (Wildman–Crippen LogP) is 2.04. The van der Waals surface area contributed by atoms with Crippen molar-refractivity contribution in [1.29, 1.82) is 5.41 Å². The quantitative estimate of drug-likeness (QED) is 0.318. The number of amides is 1. The Labute approximate surface area is 190 Å². The van der Waals surface area contributed by atoms with E-state index >= 15 is 0 Å². The maximum absolute atomic E-state index is 13.4. The van der Waals surface area contributed by atoms with E-state index in [9.17, 15) is 9.59 Å². The zero-order valence-electron chi connectivity index (χ0n) is 18.7. The Morgan fingerprint density at radius 2 is 2.00 bits per heavy atom. The second kappa shape index (κ2) is 9.74. The molecule has 0 radical (unpaired) electrons. The van der Waals surface area contributed by atoms with E-state index in [1.807, 2.05) is 32.0 Å². The van der Waals surface area contributed by atoms with E-state index in [4.69, 9.17) is 10.1 Å². The van der Waals surface area contributed by atoms with Crippen LogP contribution in [0.25, 0.3) is 16.7 Å². The number of nitrogens with zero attached hydrogens (tertiary/aromatic N) is 4. The maximum atomic E-state index is 13.4. The highest BCUT2D eigenvalue weighted by Crippen LogP contribution is 2.13. The van der Waals surface area contributed by atoms with Gasteiger partial charge in [-0.1, -0.05) is 6.07 Å². The first-order valence-corrected chi connectivity index (χ1v) is 10.9. The van der Waals surface area contributed by atoms with Crippen molar-refractivity contribution in [2.75, 3.05) is 19.8 Å². The number of nitrogens with one attached hydrogen (secondary N) is 2. The van der Waals surface area contributed by atoms with Gasteiger partial charge in [-0.3, -0.25) is 24.4 Å². The van der Waals surface area contributed by atoms with Gasteiger partial charge in [-0.25, -0.2) is 4.98 Å². The molecule has 2 N–H and O–H groups in total. The Morgan fingerprint density at radius 1 is 1.21 bits per heavy atom. The lowest BCUT2D eigenvalue weighted by molar-refractivity contribution is 0.0942. The molecule has 0 fully saturated rings. The molecule has 0 saturated heterocycles. The highest BCUT2D eigenvalue weighted by atomic mass is 16.5. The number of carbonyl (C=O) groups excluding carboxylic acids is 1. The Hall–Kier alpha value is -3.85. The third-order valence-corrected chi connectivity index (χ3v) is 5.34. The van der Waals surface area contributed by atoms with Crippen LogP contribution >= 0.6 is 0 Å². The lowest BCUT2D eigenvalue weighted by Gasteiger charge is -2.15. The smallest absolute Gasteiger partial charge is 0.267 e. The zero-order valence-corrected chi connectivity index (χ0v) is 18.7. The van der Waals surface area contributed by atoms with E-state index in [0.29, 0.717) is 37.5 Å². The summed E-state index contributed by atoms with van der Waals surface area (Å²) in [6.45, 7) is 5.66. The summed E-state index contributed by atoms with van der Waals surface area (Å²) in [5.41, 5.74) is 2.47. The molecular formula is C24H26N6O3. The standard InChI is InChI=1S/C24H26N6O3/c1-3-33-12-4-9-27-23(31)18-13-19-22(28-20-6-5-16(2)14-29(20)24(19)32)30(21(18)25)15-17-7-10-26-11-8-17/h5-8,10-11,13-14,25H,3-4,9,12,15H2,1-2H3,(H,27,31). The SMILES string of the molecule is CCOCCCNC(=O)c1cc2c(=O)n3cc(C)ccc3nc2n(Cc2ccncc2)c1=N. The van der Waals surface area contributed by atoms with E-state index < -0.39 is 5.91 Å². The number of ether oxygens (including phenoxy) is 1. The predicted molar refractivity (Wildman–Crippen MR) is 124 cm³/mol. The molecule has 0 atom stereocenters. The van der Waals surface area contributed by atoms with Crippen molar-refractivity contribution in [2.45, 2.75) is 26.8 Å². The third-order valence-electron chi connectivity index (χ3n) is 5.34. The minimum absolute atomic E-state index is 0.00928. The number of aromatic nitrogens is 4. The Morgan fingerprint density at radius 3 is 2.76 bits per heavy atom. The number of fused-ring (bicyclic) bond motifs is 2. The molecule has 4 aromatic heterocycles. The molecule has 0 aliphatic carbocycles. The molecule has 170 valence electrons. The molecule has 9 heteroatoms. The fraction of sp³-hybridized carbons (Fsp3) is 0.292. The van der Waals surface area contributed by atoms with Gasteiger partial charge in [0.25, 0.3) is 11.5 Å². The van der Waals surface area contributed by atoms with Gasteiger partial charge in [-0.05, 0) is 55.7 Å². The fourth-order valence-electron chi connectivity index (χ4n) is 3.66. The van der Waals surface area contributed by atoms with Crippen LogP contribution in [0.5, 0.6) is 0 Å².